The van der Waals surface area contributed by atoms with Crippen molar-refractivity contribution in [1.29, 1.82) is 0 Å². The van der Waals surface area contributed by atoms with Crippen LogP contribution in [0.4, 0.5) is 0 Å². The predicted molar refractivity (Wildman–Crippen MR) is 71.5 cm³/mol. The second-order valence-electron chi connectivity index (χ2n) is 4.82. The predicted octanol–water partition coefficient (Wildman–Crippen LogP) is 2.88. The Balaban J connectivity index is 2.36. The van der Waals surface area contributed by atoms with Crippen LogP contribution in [0.25, 0.3) is 0 Å². The standard InChI is InChI=1S/C15H23NO2/c1-3-7-14-9-11-16(13(2)12-14)10-6-4-5-8-15(17)18/h9,11-12H,3-8,10H2,1-2H3/p+1. The van der Waals surface area contributed by atoms with Crippen LogP contribution in [0.1, 0.15) is 50.3 Å². The van der Waals surface area contributed by atoms with Gasteiger partial charge in [-0.25, -0.2) is 4.57 Å². The fraction of sp³-hybridized carbons (Fsp3) is 0.600. The van der Waals surface area contributed by atoms with E-state index >= 15 is 0 Å². The monoisotopic (exact) mass is 250 g/mol. The SMILES string of the molecule is CCCc1cc[n+](CCCCCC(=O)O)c(C)c1. The van der Waals surface area contributed by atoms with E-state index < -0.39 is 5.97 Å². The quantitative estimate of drug-likeness (QED) is 0.569. The minimum atomic E-state index is -0.692. The first kappa shape index (κ1) is 14.7. The molecule has 0 atom stereocenters. The molecule has 0 saturated heterocycles. The highest BCUT2D eigenvalue weighted by Crippen LogP contribution is 2.04. The first-order valence-electron chi connectivity index (χ1n) is 6.84. The number of rotatable bonds is 8. The first-order valence-corrected chi connectivity index (χ1v) is 6.84. The van der Waals surface area contributed by atoms with Crippen LogP contribution in [0.2, 0.25) is 0 Å². The van der Waals surface area contributed by atoms with E-state index in [4.69, 9.17) is 5.11 Å². The molecule has 1 aromatic rings. The van der Waals surface area contributed by atoms with Crippen LogP contribution >= 0.6 is 0 Å². The van der Waals surface area contributed by atoms with E-state index in [-0.39, 0.29) is 0 Å². The van der Waals surface area contributed by atoms with E-state index in [1.807, 2.05) is 0 Å². The number of carboxylic acid groups (broad SMARTS) is 1. The Morgan fingerprint density at radius 3 is 2.72 bits per heavy atom. The number of hydrogen-bond donors (Lipinski definition) is 1. The molecule has 100 valence electrons. The molecule has 1 rings (SSSR count). The molecular formula is C15H24NO2+. The zero-order chi connectivity index (χ0) is 13.4. The largest absolute Gasteiger partial charge is 0.481 e. The van der Waals surface area contributed by atoms with Crippen LogP contribution in [0, 0.1) is 6.92 Å². The van der Waals surface area contributed by atoms with Gasteiger partial charge in [0.25, 0.3) is 0 Å². The van der Waals surface area contributed by atoms with Crippen LogP contribution in [0.5, 0.6) is 0 Å². The highest BCUT2D eigenvalue weighted by Gasteiger charge is 2.07. The average molecular weight is 250 g/mol. The molecule has 0 radical (unpaired) electrons. The zero-order valence-electron chi connectivity index (χ0n) is 11.5. The number of unbranched alkanes of at least 4 members (excludes halogenated alkanes) is 2. The van der Waals surface area contributed by atoms with Crippen LogP contribution in [-0.2, 0) is 17.8 Å². The van der Waals surface area contributed by atoms with Gasteiger partial charge in [-0.05, 0) is 24.8 Å². The molecule has 0 fully saturated rings. The van der Waals surface area contributed by atoms with Crippen molar-refractivity contribution in [2.24, 2.45) is 0 Å². The molecule has 0 aliphatic rings. The summed E-state index contributed by atoms with van der Waals surface area (Å²) in [5, 5.41) is 8.55. The fourth-order valence-electron chi connectivity index (χ4n) is 2.13. The zero-order valence-corrected chi connectivity index (χ0v) is 11.5. The van der Waals surface area contributed by atoms with Crippen molar-refractivity contribution >= 4 is 5.97 Å². The number of carboxylic acids is 1. The number of carbonyl (C=O) groups is 1. The summed E-state index contributed by atoms with van der Waals surface area (Å²) in [6, 6.07) is 4.44. The molecule has 3 heteroatoms. The third-order valence-corrected chi connectivity index (χ3v) is 3.14. The number of nitrogens with zero attached hydrogens (tertiary/aromatic N) is 1. The molecule has 0 amide bonds. The molecule has 1 aromatic heterocycles. The summed E-state index contributed by atoms with van der Waals surface area (Å²) in [4.78, 5) is 10.4. The Kier molecular flexibility index (Phi) is 6.40. The van der Waals surface area contributed by atoms with Crippen molar-refractivity contribution in [2.45, 2.75) is 58.9 Å². The van der Waals surface area contributed by atoms with Gasteiger partial charge in [0.2, 0.25) is 0 Å². The number of aliphatic carboxylic acids is 1. The van der Waals surface area contributed by atoms with Crippen molar-refractivity contribution in [3.8, 4) is 0 Å². The van der Waals surface area contributed by atoms with Gasteiger partial charge in [-0.1, -0.05) is 13.3 Å². The maximum Gasteiger partial charge on any atom is 0.303 e. The Bertz CT molecular complexity index is 388. The molecule has 0 spiro atoms. The summed E-state index contributed by atoms with van der Waals surface area (Å²) in [5.74, 6) is -0.692. The van der Waals surface area contributed by atoms with E-state index in [1.165, 1.54) is 17.7 Å². The minimum Gasteiger partial charge on any atom is -0.481 e. The molecule has 1 N–H and O–H groups in total. The number of aromatic nitrogens is 1. The lowest BCUT2D eigenvalue weighted by atomic mass is 10.1. The van der Waals surface area contributed by atoms with Crippen molar-refractivity contribution in [1.82, 2.24) is 0 Å². The molecule has 0 bridgehead atoms. The van der Waals surface area contributed by atoms with Gasteiger partial charge in [0, 0.05) is 31.9 Å². The topological polar surface area (TPSA) is 41.2 Å². The molecular weight excluding hydrogens is 226 g/mol. The second-order valence-corrected chi connectivity index (χ2v) is 4.82. The van der Waals surface area contributed by atoms with E-state index in [0.717, 1.165) is 32.2 Å². The second kappa shape index (κ2) is 7.85. The van der Waals surface area contributed by atoms with Gasteiger partial charge in [-0.15, -0.1) is 0 Å². The van der Waals surface area contributed by atoms with Crippen LogP contribution < -0.4 is 4.57 Å². The van der Waals surface area contributed by atoms with Crippen LogP contribution in [-0.4, -0.2) is 11.1 Å². The summed E-state index contributed by atoms with van der Waals surface area (Å²) < 4.78 is 2.25. The van der Waals surface area contributed by atoms with Crippen molar-refractivity contribution < 1.29 is 14.5 Å². The molecule has 0 aliphatic carbocycles. The number of pyridine rings is 1. The molecule has 18 heavy (non-hydrogen) atoms. The Morgan fingerprint density at radius 1 is 1.33 bits per heavy atom. The summed E-state index contributed by atoms with van der Waals surface area (Å²) in [5.41, 5.74) is 2.69. The Morgan fingerprint density at radius 2 is 2.11 bits per heavy atom. The normalized spacial score (nSPS) is 10.6. The van der Waals surface area contributed by atoms with E-state index in [2.05, 4.69) is 36.7 Å². The number of aryl methyl sites for hydroxylation is 3. The molecule has 0 aromatic carbocycles. The van der Waals surface area contributed by atoms with Crippen molar-refractivity contribution in [3.63, 3.8) is 0 Å². The van der Waals surface area contributed by atoms with E-state index in [9.17, 15) is 4.79 Å². The Hall–Kier alpha value is -1.38. The molecule has 0 unspecified atom stereocenters. The fourth-order valence-corrected chi connectivity index (χ4v) is 2.13. The van der Waals surface area contributed by atoms with Gasteiger partial charge < -0.3 is 5.11 Å². The van der Waals surface area contributed by atoms with Gasteiger partial charge in [0.15, 0.2) is 11.9 Å². The van der Waals surface area contributed by atoms with E-state index in [1.54, 1.807) is 0 Å². The smallest absolute Gasteiger partial charge is 0.303 e. The molecule has 3 nitrogen and oxygen atoms in total. The molecule has 0 aliphatic heterocycles. The lowest BCUT2D eigenvalue weighted by Gasteiger charge is -2.03. The molecule has 1 heterocycles. The van der Waals surface area contributed by atoms with Crippen molar-refractivity contribution in [3.05, 3.63) is 29.6 Å². The van der Waals surface area contributed by atoms with Gasteiger partial charge in [0.05, 0.1) is 0 Å². The average Bonchev–Trinajstić information content (AvgIpc) is 2.31. The lowest BCUT2D eigenvalue weighted by Crippen LogP contribution is -2.36. The van der Waals surface area contributed by atoms with Gasteiger partial charge in [-0.2, -0.15) is 0 Å². The summed E-state index contributed by atoms with van der Waals surface area (Å²) in [7, 11) is 0. The summed E-state index contributed by atoms with van der Waals surface area (Å²) >= 11 is 0. The summed E-state index contributed by atoms with van der Waals surface area (Å²) in [6.45, 7) is 5.31. The molecule has 0 saturated carbocycles. The van der Waals surface area contributed by atoms with Gasteiger partial charge in [-0.3, -0.25) is 4.79 Å². The highest BCUT2D eigenvalue weighted by atomic mass is 16.4. The van der Waals surface area contributed by atoms with Gasteiger partial charge >= 0.3 is 5.97 Å². The van der Waals surface area contributed by atoms with Crippen molar-refractivity contribution in [2.75, 3.05) is 0 Å². The maximum atomic E-state index is 10.4. The number of hydrogen-bond acceptors (Lipinski definition) is 1. The van der Waals surface area contributed by atoms with Gasteiger partial charge in [0.1, 0.15) is 6.54 Å². The Labute approximate surface area is 109 Å². The first-order chi connectivity index (χ1) is 8.63. The lowest BCUT2D eigenvalue weighted by molar-refractivity contribution is -0.703. The maximum absolute atomic E-state index is 10.4. The highest BCUT2D eigenvalue weighted by molar-refractivity contribution is 5.66. The van der Waals surface area contributed by atoms with Crippen LogP contribution in [0.3, 0.4) is 0 Å². The minimum absolute atomic E-state index is 0.291. The third kappa shape index (κ3) is 5.30. The van der Waals surface area contributed by atoms with Crippen LogP contribution in [0.15, 0.2) is 18.3 Å². The summed E-state index contributed by atoms with van der Waals surface area (Å²) in [6.07, 6.45) is 7.57. The third-order valence-electron chi connectivity index (χ3n) is 3.14. The van der Waals surface area contributed by atoms with E-state index in [0.29, 0.717) is 6.42 Å².